The lowest BCUT2D eigenvalue weighted by Crippen LogP contribution is -2.15. The molecule has 3 rings (SSSR count). The predicted molar refractivity (Wildman–Crippen MR) is 80.1 cm³/mol. The number of benzene rings is 1. The first-order valence-electron chi connectivity index (χ1n) is 6.44. The van der Waals surface area contributed by atoms with Crippen molar-refractivity contribution in [2.24, 2.45) is 7.05 Å². The van der Waals surface area contributed by atoms with Gasteiger partial charge in [0.05, 0.1) is 11.0 Å². The minimum Gasteiger partial charge on any atom is -0.504 e. The molecule has 0 fully saturated rings. The number of pyridine rings is 1. The summed E-state index contributed by atoms with van der Waals surface area (Å²) in [5.74, 6) is -2.10. The number of phenolic OH excluding ortho intramolecular Hbond substituents is 3. The SMILES string of the molecule is Cn1c(C(=O)Nc2cc(O)c(O)c(O)c2)cc2ncccc21. The van der Waals surface area contributed by atoms with E-state index in [0.29, 0.717) is 11.2 Å². The number of aromatic hydroxyl groups is 3. The molecule has 7 nitrogen and oxygen atoms in total. The standard InChI is InChI=1S/C15H13N3O4/c1-18-10-3-2-4-16-9(10)7-11(18)15(22)17-8-5-12(19)14(21)13(20)6-8/h2-7,19-21H,1H3,(H,17,22). The van der Waals surface area contributed by atoms with Crippen LogP contribution < -0.4 is 5.32 Å². The molecule has 3 aromatic rings. The normalized spacial score (nSPS) is 10.8. The van der Waals surface area contributed by atoms with Gasteiger partial charge in [0.15, 0.2) is 17.2 Å². The molecule has 1 amide bonds. The Balaban J connectivity index is 1.95. The van der Waals surface area contributed by atoms with Gasteiger partial charge >= 0.3 is 0 Å². The second-order valence-electron chi connectivity index (χ2n) is 4.81. The van der Waals surface area contributed by atoms with Gasteiger partial charge in [0, 0.05) is 31.1 Å². The number of aromatic nitrogens is 2. The maximum Gasteiger partial charge on any atom is 0.272 e. The Bertz CT molecular complexity index is 863. The Morgan fingerprint density at radius 1 is 1.18 bits per heavy atom. The molecule has 0 unspecified atom stereocenters. The lowest BCUT2D eigenvalue weighted by molar-refractivity contribution is 0.101. The molecule has 0 saturated carbocycles. The fourth-order valence-electron chi connectivity index (χ4n) is 2.25. The van der Waals surface area contributed by atoms with Crippen molar-refractivity contribution in [3.8, 4) is 17.2 Å². The summed E-state index contributed by atoms with van der Waals surface area (Å²) >= 11 is 0. The maximum absolute atomic E-state index is 12.3. The van der Waals surface area contributed by atoms with Crippen LogP contribution in [0.4, 0.5) is 5.69 Å². The molecular weight excluding hydrogens is 286 g/mol. The number of hydrogen-bond donors (Lipinski definition) is 4. The Morgan fingerprint density at radius 3 is 2.50 bits per heavy atom. The number of nitrogens with zero attached hydrogens (tertiary/aromatic N) is 2. The molecule has 0 saturated heterocycles. The highest BCUT2D eigenvalue weighted by Crippen LogP contribution is 2.37. The van der Waals surface area contributed by atoms with E-state index in [-0.39, 0.29) is 5.69 Å². The molecule has 0 spiro atoms. The van der Waals surface area contributed by atoms with Gasteiger partial charge in [0.2, 0.25) is 0 Å². The Hall–Kier alpha value is -3.22. The first-order chi connectivity index (χ1) is 10.5. The van der Waals surface area contributed by atoms with E-state index >= 15 is 0 Å². The van der Waals surface area contributed by atoms with Crippen LogP contribution in [-0.4, -0.2) is 30.8 Å². The number of carbonyl (C=O) groups excluding carboxylic acids is 1. The molecule has 0 aliphatic rings. The summed E-state index contributed by atoms with van der Waals surface area (Å²) in [7, 11) is 1.74. The van der Waals surface area contributed by atoms with E-state index in [9.17, 15) is 20.1 Å². The van der Waals surface area contributed by atoms with Crippen molar-refractivity contribution in [1.82, 2.24) is 9.55 Å². The Labute approximate surface area is 125 Å². The third-order valence-corrected chi connectivity index (χ3v) is 3.37. The van der Waals surface area contributed by atoms with Crippen LogP contribution >= 0.6 is 0 Å². The van der Waals surface area contributed by atoms with Gasteiger partial charge in [-0.25, -0.2) is 0 Å². The highest BCUT2D eigenvalue weighted by atomic mass is 16.3. The van der Waals surface area contributed by atoms with Crippen LogP contribution in [0.25, 0.3) is 11.0 Å². The molecule has 1 aromatic carbocycles. The topological polar surface area (TPSA) is 108 Å². The zero-order valence-electron chi connectivity index (χ0n) is 11.6. The summed E-state index contributed by atoms with van der Waals surface area (Å²) in [4.78, 5) is 16.5. The van der Waals surface area contributed by atoms with E-state index in [1.54, 1.807) is 29.9 Å². The van der Waals surface area contributed by atoms with Gasteiger partial charge in [0.1, 0.15) is 5.69 Å². The van der Waals surface area contributed by atoms with E-state index in [2.05, 4.69) is 10.3 Å². The quantitative estimate of drug-likeness (QED) is 0.427. The van der Waals surface area contributed by atoms with Crippen molar-refractivity contribution in [3.05, 3.63) is 42.2 Å². The molecule has 112 valence electrons. The highest BCUT2D eigenvalue weighted by molar-refractivity contribution is 6.06. The smallest absolute Gasteiger partial charge is 0.272 e. The van der Waals surface area contributed by atoms with Crippen molar-refractivity contribution in [1.29, 1.82) is 0 Å². The number of nitrogens with one attached hydrogen (secondary N) is 1. The van der Waals surface area contributed by atoms with Gasteiger partial charge in [-0.2, -0.15) is 0 Å². The average molecular weight is 299 g/mol. The number of aryl methyl sites for hydroxylation is 1. The predicted octanol–water partition coefficient (Wildman–Crippen LogP) is 1.94. The van der Waals surface area contributed by atoms with Crippen LogP contribution in [0.5, 0.6) is 17.2 Å². The lowest BCUT2D eigenvalue weighted by atomic mass is 10.2. The molecular formula is C15H13N3O4. The largest absolute Gasteiger partial charge is 0.504 e. The average Bonchev–Trinajstić information content (AvgIpc) is 2.82. The molecule has 0 radical (unpaired) electrons. The van der Waals surface area contributed by atoms with Crippen molar-refractivity contribution in [3.63, 3.8) is 0 Å². The number of phenols is 3. The molecule has 2 aromatic heterocycles. The summed E-state index contributed by atoms with van der Waals surface area (Å²) in [6.07, 6.45) is 1.64. The van der Waals surface area contributed by atoms with Crippen LogP contribution in [0, 0.1) is 0 Å². The molecule has 22 heavy (non-hydrogen) atoms. The van der Waals surface area contributed by atoms with E-state index in [1.807, 2.05) is 6.07 Å². The van der Waals surface area contributed by atoms with Crippen molar-refractivity contribution >= 4 is 22.6 Å². The van der Waals surface area contributed by atoms with Crippen LogP contribution in [0.15, 0.2) is 36.5 Å². The molecule has 0 aliphatic carbocycles. The first-order valence-corrected chi connectivity index (χ1v) is 6.44. The second kappa shape index (κ2) is 4.96. The summed E-state index contributed by atoms with van der Waals surface area (Å²) in [5.41, 5.74) is 2.03. The lowest BCUT2D eigenvalue weighted by Gasteiger charge is -2.08. The number of fused-ring (bicyclic) bond motifs is 1. The monoisotopic (exact) mass is 299 g/mol. The van der Waals surface area contributed by atoms with E-state index in [4.69, 9.17) is 0 Å². The maximum atomic E-state index is 12.3. The van der Waals surface area contributed by atoms with Gasteiger partial charge in [0.25, 0.3) is 5.91 Å². The van der Waals surface area contributed by atoms with Gasteiger partial charge in [-0.3, -0.25) is 9.78 Å². The fraction of sp³-hybridized carbons (Fsp3) is 0.0667. The molecule has 0 bridgehead atoms. The van der Waals surface area contributed by atoms with E-state index in [1.165, 1.54) is 0 Å². The highest BCUT2D eigenvalue weighted by Gasteiger charge is 2.16. The van der Waals surface area contributed by atoms with Crippen molar-refractivity contribution < 1.29 is 20.1 Å². The van der Waals surface area contributed by atoms with Gasteiger partial charge in [-0.05, 0) is 18.2 Å². The zero-order chi connectivity index (χ0) is 15.9. The van der Waals surface area contributed by atoms with Gasteiger partial charge in [-0.1, -0.05) is 0 Å². The van der Waals surface area contributed by atoms with E-state index in [0.717, 1.165) is 17.6 Å². The molecule has 2 heterocycles. The summed E-state index contributed by atoms with van der Waals surface area (Å²) in [5, 5.41) is 30.8. The molecule has 0 atom stereocenters. The minimum absolute atomic E-state index is 0.163. The molecule has 7 heteroatoms. The van der Waals surface area contributed by atoms with E-state index < -0.39 is 23.2 Å². The Morgan fingerprint density at radius 2 is 1.86 bits per heavy atom. The molecule has 0 aliphatic heterocycles. The Kier molecular flexibility index (Phi) is 3.10. The van der Waals surface area contributed by atoms with Gasteiger partial charge in [-0.15, -0.1) is 0 Å². The first kappa shape index (κ1) is 13.7. The van der Waals surface area contributed by atoms with Crippen LogP contribution in [0.1, 0.15) is 10.5 Å². The van der Waals surface area contributed by atoms with Crippen molar-refractivity contribution in [2.45, 2.75) is 0 Å². The zero-order valence-corrected chi connectivity index (χ0v) is 11.6. The van der Waals surface area contributed by atoms with Gasteiger partial charge < -0.3 is 25.2 Å². The number of carbonyl (C=O) groups is 1. The number of rotatable bonds is 2. The number of hydrogen-bond acceptors (Lipinski definition) is 5. The van der Waals surface area contributed by atoms with Crippen molar-refractivity contribution in [2.75, 3.05) is 5.32 Å². The van der Waals surface area contributed by atoms with Crippen LogP contribution in [0.3, 0.4) is 0 Å². The minimum atomic E-state index is -0.633. The van der Waals surface area contributed by atoms with Crippen LogP contribution in [0.2, 0.25) is 0 Å². The number of anilines is 1. The van der Waals surface area contributed by atoms with Crippen LogP contribution in [-0.2, 0) is 7.05 Å². The summed E-state index contributed by atoms with van der Waals surface area (Å²) in [6.45, 7) is 0. The summed E-state index contributed by atoms with van der Waals surface area (Å²) < 4.78 is 1.69. The third kappa shape index (κ3) is 2.18. The second-order valence-corrected chi connectivity index (χ2v) is 4.81. The fourth-order valence-corrected chi connectivity index (χ4v) is 2.25. The summed E-state index contributed by atoms with van der Waals surface area (Å²) in [6, 6.07) is 7.56. The number of amides is 1. The molecule has 4 N–H and O–H groups in total. The third-order valence-electron chi connectivity index (χ3n) is 3.37.